The maximum absolute atomic E-state index is 8.52. The summed E-state index contributed by atoms with van der Waals surface area (Å²) in [4.78, 5) is 25.6. The van der Waals surface area contributed by atoms with E-state index in [9.17, 15) is 0 Å². The zero-order valence-corrected chi connectivity index (χ0v) is 11.0. The fourth-order valence-electron chi connectivity index (χ4n) is 0. The van der Waals surface area contributed by atoms with Crippen molar-refractivity contribution >= 4 is 8.60 Å². The average Bonchev–Trinajstić information content (AvgIpc) is 0.811. The van der Waals surface area contributed by atoms with Crippen LogP contribution in [0.4, 0.5) is 0 Å². The first kappa shape index (κ1) is 16.3. The van der Waals surface area contributed by atoms with Crippen LogP contribution in [0.3, 0.4) is 0 Å². The van der Waals surface area contributed by atoms with Crippen LogP contribution in [-0.4, -0.2) is 0 Å². The van der Waals surface area contributed by atoms with Crippen molar-refractivity contribution < 1.29 is 117 Å². The second kappa shape index (κ2) is 11.4. The molecule has 0 aliphatic rings. The van der Waals surface area contributed by atoms with Crippen LogP contribution in [0.15, 0.2) is 0 Å². The molecular weight excluding hydrogens is 157 g/mol. The van der Waals surface area contributed by atoms with E-state index in [1.807, 2.05) is 0 Å². The summed E-state index contributed by atoms with van der Waals surface area (Å²) < 4.78 is 0. The van der Waals surface area contributed by atoms with E-state index in [0.29, 0.717) is 0 Å². The van der Waals surface area contributed by atoms with E-state index in [2.05, 4.69) is 0 Å². The fourth-order valence-corrected chi connectivity index (χ4v) is 0. The summed E-state index contributed by atoms with van der Waals surface area (Å²) in [6, 6.07) is 0. The van der Waals surface area contributed by atoms with Gasteiger partial charge in [0.25, 0.3) is 0 Å². The van der Waals surface area contributed by atoms with Crippen molar-refractivity contribution in [2.24, 2.45) is 0 Å². The zero-order chi connectivity index (χ0) is 3.58. The third kappa shape index (κ3) is 25.6. The van der Waals surface area contributed by atoms with Crippen LogP contribution in [0.25, 0.3) is 0 Å². The second-order valence-corrected chi connectivity index (χ2v) is 0.750. The van der Waals surface area contributed by atoms with Crippen LogP contribution in [0.5, 0.6) is 0 Å². The predicted molar refractivity (Wildman–Crippen MR) is 8.31 cm³/mol. The van der Waals surface area contributed by atoms with Crippen LogP contribution < -0.4 is 117 Å². The molecule has 0 bridgehead atoms. The van der Waals surface area contributed by atoms with Crippen molar-refractivity contribution in [2.75, 3.05) is 0 Å². The molecule has 6 heteroatoms. The molecule has 0 amide bonds. The van der Waals surface area contributed by atoms with Gasteiger partial charge in [0, 0.05) is 0 Å². The monoisotopic (exact) mass is 158 g/mol. The third-order valence-electron chi connectivity index (χ3n) is 0. The van der Waals surface area contributed by atoms with Crippen molar-refractivity contribution in [3.8, 4) is 0 Å². The summed E-state index contributed by atoms with van der Waals surface area (Å²) in [7, 11) is -3.63. The van der Waals surface area contributed by atoms with Crippen molar-refractivity contribution in [3.05, 3.63) is 0 Å². The van der Waals surface area contributed by atoms with Gasteiger partial charge in [-0.2, -0.15) is 8.60 Å². The molecule has 0 rings (SSSR count). The van der Waals surface area contributed by atoms with E-state index in [1.165, 1.54) is 0 Å². The Hall–Kier alpha value is 3.58. The molecule has 0 N–H and O–H groups in total. The van der Waals surface area contributed by atoms with Crippen LogP contribution in [0.1, 0.15) is 0 Å². The Morgan fingerprint density at radius 2 is 0.833 bits per heavy atom. The normalized spacial score (nSPS) is 6.00. The van der Waals surface area contributed by atoms with E-state index in [4.69, 9.17) is 14.7 Å². The van der Waals surface area contributed by atoms with Crippen molar-refractivity contribution in [1.82, 2.24) is 0 Å². The molecule has 0 atom stereocenters. The molecule has 0 unspecified atom stereocenters. The molecular formula is HK2O3P. The summed E-state index contributed by atoms with van der Waals surface area (Å²) in [5.41, 5.74) is 0. The second-order valence-electron chi connectivity index (χ2n) is 0.250. The largest absolute Gasteiger partial charge is 1.00 e. The quantitative estimate of drug-likeness (QED) is 0.260. The van der Waals surface area contributed by atoms with Crippen LogP contribution in [0, 0.1) is 0 Å². The molecule has 0 fully saturated rings. The number of hydrogen-bond donors (Lipinski definition) is 0. The van der Waals surface area contributed by atoms with E-state index in [-0.39, 0.29) is 103 Å². The van der Waals surface area contributed by atoms with Gasteiger partial charge in [-0.05, 0) is 0 Å². The maximum atomic E-state index is 8.52. The SMILES string of the molecule is [K+].[K+].[O-][PH+]([O-])[O-]. The number of hydrogen-bond acceptors (Lipinski definition) is 3. The minimum Gasteiger partial charge on any atom is -0.690 e. The van der Waals surface area contributed by atoms with Gasteiger partial charge < -0.3 is 14.7 Å². The Morgan fingerprint density at radius 1 is 0.833 bits per heavy atom. The maximum Gasteiger partial charge on any atom is 1.00 e. The van der Waals surface area contributed by atoms with E-state index in [1.54, 1.807) is 0 Å². The van der Waals surface area contributed by atoms with Gasteiger partial charge in [-0.3, -0.25) is 0 Å². The van der Waals surface area contributed by atoms with Crippen molar-refractivity contribution in [2.45, 2.75) is 0 Å². The molecule has 3 nitrogen and oxygen atoms in total. The Labute approximate surface area is 122 Å². The summed E-state index contributed by atoms with van der Waals surface area (Å²) in [5, 5.41) is 0. The molecule has 0 saturated heterocycles. The molecule has 0 aliphatic carbocycles. The first-order valence-electron chi connectivity index (χ1n) is 0.612. The van der Waals surface area contributed by atoms with E-state index >= 15 is 0 Å². The Balaban J connectivity index is -0.0000000450. The minimum absolute atomic E-state index is 0. The summed E-state index contributed by atoms with van der Waals surface area (Å²) in [6.07, 6.45) is 0. The van der Waals surface area contributed by atoms with E-state index < -0.39 is 8.60 Å². The van der Waals surface area contributed by atoms with Gasteiger partial charge in [0.2, 0.25) is 0 Å². The van der Waals surface area contributed by atoms with Crippen LogP contribution in [0.2, 0.25) is 0 Å². The minimum atomic E-state index is -3.63. The number of rotatable bonds is 0. The van der Waals surface area contributed by atoms with Gasteiger partial charge in [0.05, 0.1) is 0 Å². The molecule has 6 heavy (non-hydrogen) atoms. The Morgan fingerprint density at radius 3 is 0.833 bits per heavy atom. The standard InChI is InChI=1S/2K.HO3P/c;;1-4(2)3/h;;4H/q2*+1;-2. The van der Waals surface area contributed by atoms with Crippen LogP contribution in [-0.2, 0) is 0 Å². The fraction of sp³-hybridized carbons (Fsp3) is 0. The van der Waals surface area contributed by atoms with Gasteiger partial charge in [-0.1, -0.05) is 0 Å². The molecule has 26 valence electrons. The summed E-state index contributed by atoms with van der Waals surface area (Å²) in [6.45, 7) is 0. The first-order chi connectivity index (χ1) is 1.73. The molecule has 0 aromatic rings. The van der Waals surface area contributed by atoms with Gasteiger partial charge in [0.15, 0.2) is 0 Å². The topological polar surface area (TPSA) is 69.2 Å². The molecule has 0 heterocycles. The zero-order valence-electron chi connectivity index (χ0n) is 3.72. The van der Waals surface area contributed by atoms with Crippen molar-refractivity contribution in [1.29, 1.82) is 0 Å². The third-order valence-corrected chi connectivity index (χ3v) is 0. The van der Waals surface area contributed by atoms with Gasteiger partial charge in [0.1, 0.15) is 0 Å². The smallest absolute Gasteiger partial charge is 0.690 e. The molecule has 0 saturated carbocycles. The van der Waals surface area contributed by atoms with Gasteiger partial charge in [-0.15, -0.1) is 0 Å². The first-order valence-corrected chi connectivity index (χ1v) is 1.84. The molecule has 0 aromatic carbocycles. The van der Waals surface area contributed by atoms with Crippen molar-refractivity contribution in [3.63, 3.8) is 0 Å². The predicted octanol–water partition coefficient (Wildman–Crippen LogP) is -8.97. The van der Waals surface area contributed by atoms with Gasteiger partial charge >= 0.3 is 103 Å². The van der Waals surface area contributed by atoms with Gasteiger partial charge in [-0.25, -0.2) is 0 Å². The average molecular weight is 158 g/mol. The molecule has 0 spiro atoms. The Bertz CT molecular complexity index is 13.5. The molecule has 0 aromatic heterocycles. The molecule has 0 radical (unpaired) electrons. The summed E-state index contributed by atoms with van der Waals surface area (Å²) in [5.74, 6) is 0. The Kier molecular flexibility index (Phi) is 30.9. The molecule has 0 aliphatic heterocycles. The summed E-state index contributed by atoms with van der Waals surface area (Å²) >= 11 is 0. The van der Waals surface area contributed by atoms with Crippen LogP contribution >= 0.6 is 8.60 Å². The van der Waals surface area contributed by atoms with E-state index in [0.717, 1.165) is 0 Å².